The average Bonchev–Trinajstić information content (AvgIpc) is 2.61. The van der Waals surface area contributed by atoms with E-state index in [1.165, 1.54) is 0 Å². The third kappa shape index (κ3) is 1.08. The Morgan fingerprint density at radius 3 is 2.73 bits per heavy atom. The highest BCUT2D eigenvalue weighted by atomic mass is 19.1. The van der Waals surface area contributed by atoms with Crippen LogP contribution in [-0.2, 0) is 0 Å². The molecule has 0 N–H and O–H groups in total. The zero-order chi connectivity index (χ0) is 10.4. The number of hydrogen-bond donors (Lipinski definition) is 0. The van der Waals surface area contributed by atoms with Crippen LogP contribution in [0.2, 0.25) is 0 Å². The van der Waals surface area contributed by atoms with Crippen molar-refractivity contribution in [1.29, 1.82) is 0 Å². The summed E-state index contributed by atoms with van der Waals surface area (Å²) in [5.74, 6) is 0. The Kier molecular flexibility index (Phi) is 1.47. The molecular formula is C9H4F2N4. The number of benzene rings is 1. The number of hydrogen-bond acceptors (Lipinski definition) is 3. The van der Waals surface area contributed by atoms with E-state index in [0.29, 0.717) is 10.9 Å². The molecule has 2 heterocycles. The molecule has 15 heavy (non-hydrogen) atoms. The van der Waals surface area contributed by atoms with Crippen LogP contribution in [0, 0.1) is 12.2 Å². The summed E-state index contributed by atoms with van der Waals surface area (Å²) in [5, 5.41) is 3.83. The van der Waals surface area contributed by atoms with Gasteiger partial charge in [0.05, 0.1) is 5.52 Å². The van der Waals surface area contributed by atoms with E-state index in [9.17, 15) is 8.78 Å². The van der Waals surface area contributed by atoms with Gasteiger partial charge in [0, 0.05) is 5.39 Å². The predicted octanol–water partition coefficient (Wildman–Crippen LogP) is 1.56. The van der Waals surface area contributed by atoms with Crippen molar-refractivity contribution in [1.82, 2.24) is 19.6 Å². The number of para-hydroxylation sites is 1. The van der Waals surface area contributed by atoms with Crippen LogP contribution in [0.15, 0.2) is 24.3 Å². The summed E-state index contributed by atoms with van der Waals surface area (Å²) in [4.78, 5) is 7.15. The summed E-state index contributed by atoms with van der Waals surface area (Å²) in [6, 6.07) is 6.78. The van der Waals surface area contributed by atoms with Crippen LogP contribution in [0.25, 0.3) is 16.6 Å². The second-order valence-corrected chi connectivity index (χ2v) is 3.01. The van der Waals surface area contributed by atoms with Crippen LogP contribution in [-0.4, -0.2) is 19.6 Å². The smallest absolute Gasteiger partial charge is 0.202 e. The first-order chi connectivity index (χ1) is 7.25. The Bertz CT molecular complexity index is 662. The zero-order valence-electron chi connectivity index (χ0n) is 7.35. The van der Waals surface area contributed by atoms with E-state index < -0.39 is 12.2 Å². The van der Waals surface area contributed by atoms with Gasteiger partial charge >= 0.3 is 12.2 Å². The maximum Gasteiger partial charge on any atom is 0.328 e. The van der Waals surface area contributed by atoms with Crippen molar-refractivity contribution in [2.75, 3.05) is 0 Å². The summed E-state index contributed by atoms with van der Waals surface area (Å²) in [6.45, 7) is 0. The number of nitrogens with zero attached hydrogens (tertiary/aromatic N) is 4. The van der Waals surface area contributed by atoms with Gasteiger partial charge in [0.2, 0.25) is 0 Å². The van der Waals surface area contributed by atoms with Gasteiger partial charge in [-0.25, -0.2) is 4.98 Å². The van der Waals surface area contributed by atoms with E-state index in [-0.39, 0.29) is 5.65 Å². The first-order valence-corrected chi connectivity index (χ1v) is 4.22. The molecule has 0 spiro atoms. The summed E-state index contributed by atoms with van der Waals surface area (Å²) < 4.78 is 26.9. The Hall–Kier alpha value is -2.11. The van der Waals surface area contributed by atoms with E-state index >= 15 is 0 Å². The van der Waals surface area contributed by atoms with Gasteiger partial charge in [0.25, 0.3) is 0 Å². The molecular weight excluding hydrogens is 202 g/mol. The third-order valence-corrected chi connectivity index (χ3v) is 2.11. The lowest BCUT2D eigenvalue weighted by Gasteiger charge is -1.98. The molecule has 2 aromatic heterocycles. The van der Waals surface area contributed by atoms with Gasteiger partial charge in [-0.2, -0.15) is 18.3 Å². The minimum atomic E-state index is -0.966. The molecule has 0 radical (unpaired) electrons. The maximum atomic E-state index is 13.3. The topological polar surface area (TPSA) is 43.1 Å². The Morgan fingerprint density at radius 1 is 1.07 bits per heavy atom. The molecule has 0 saturated heterocycles. The van der Waals surface area contributed by atoms with Crippen LogP contribution >= 0.6 is 0 Å². The lowest BCUT2D eigenvalue weighted by Crippen LogP contribution is -1.99. The van der Waals surface area contributed by atoms with Crippen molar-refractivity contribution in [2.45, 2.75) is 0 Å². The van der Waals surface area contributed by atoms with Crippen molar-refractivity contribution in [2.24, 2.45) is 0 Å². The minimum absolute atomic E-state index is 0.135. The van der Waals surface area contributed by atoms with E-state index in [0.717, 1.165) is 4.52 Å². The minimum Gasteiger partial charge on any atom is -0.202 e. The molecule has 0 amide bonds. The molecule has 4 nitrogen and oxygen atoms in total. The van der Waals surface area contributed by atoms with Gasteiger partial charge < -0.3 is 0 Å². The molecule has 0 atom stereocenters. The first kappa shape index (κ1) is 8.22. The van der Waals surface area contributed by atoms with Crippen molar-refractivity contribution in [3.8, 4) is 0 Å². The second kappa shape index (κ2) is 2.69. The van der Waals surface area contributed by atoms with Gasteiger partial charge in [-0.15, -0.1) is 5.10 Å². The monoisotopic (exact) mass is 206 g/mol. The quantitative estimate of drug-likeness (QED) is 0.524. The molecule has 0 aliphatic rings. The maximum absolute atomic E-state index is 13.3. The second-order valence-electron chi connectivity index (χ2n) is 3.01. The fraction of sp³-hybridized carbons (Fsp3) is 0. The predicted molar refractivity (Wildman–Crippen MR) is 48.2 cm³/mol. The molecule has 0 saturated carbocycles. The van der Waals surface area contributed by atoms with Gasteiger partial charge in [-0.05, 0) is 12.1 Å². The fourth-order valence-corrected chi connectivity index (χ4v) is 1.50. The zero-order valence-corrected chi connectivity index (χ0v) is 7.35. The first-order valence-electron chi connectivity index (χ1n) is 4.22. The normalized spacial score (nSPS) is 11.3. The van der Waals surface area contributed by atoms with E-state index in [1.807, 2.05) is 0 Å². The summed E-state index contributed by atoms with van der Waals surface area (Å²) in [5.41, 5.74) is 0.561. The molecule has 3 rings (SSSR count). The molecule has 3 aromatic rings. The van der Waals surface area contributed by atoms with Crippen molar-refractivity contribution >= 4 is 16.6 Å². The Balaban J connectivity index is 2.63. The van der Waals surface area contributed by atoms with Gasteiger partial charge in [0.1, 0.15) is 0 Å². The molecule has 74 valence electrons. The molecule has 0 bridgehead atoms. The average molecular weight is 206 g/mol. The summed E-state index contributed by atoms with van der Waals surface area (Å²) in [6.07, 6.45) is -1.84. The number of aromatic nitrogens is 4. The number of fused-ring (bicyclic) bond motifs is 3. The molecule has 0 fully saturated rings. The standard InChI is InChI=1S/C9H4F2N4/c10-8-13-7-5-3-1-2-4-6(5)12-9(11)15(7)14-8/h1-4H. The highest BCUT2D eigenvalue weighted by Gasteiger charge is 2.11. The number of rotatable bonds is 0. The Labute approximate surface area is 82.2 Å². The fourth-order valence-electron chi connectivity index (χ4n) is 1.50. The Morgan fingerprint density at radius 2 is 1.87 bits per heavy atom. The number of halogens is 2. The van der Waals surface area contributed by atoms with E-state index in [1.54, 1.807) is 24.3 Å². The van der Waals surface area contributed by atoms with Crippen molar-refractivity contribution in [3.63, 3.8) is 0 Å². The van der Waals surface area contributed by atoms with Gasteiger partial charge in [-0.1, -0.05) is 12.1 Å². The lowest BCUT2D eigenvalue weighted by atomic mass is 10.2. The highest BCUT2D eigenvalue weighted by molar-refractivity contribution is 5.90. The van der Waals surface area contributed by atoms with Crippen molar-refractivity contribution < 1.29 is 8.78 Å². The molecule has 6 heteroatoms. The van der Waals surface area contributed by atoms with Crippen LogP contribution in [0.1, 0.15) is 0 Å². The van der Waals surface area contributed by atoms with Crippen molar-refractivity contribution in [3.05, 3.63) is 36.4 Å². The highest BCUT2D eigenvalue weighted by Crippen LogP contribution is 2.16. The summed E-state index contributed by atoms with van der Waals surface area (Å²) >= 11 is 0. The molecule has 0 unspecified atom stereocenters. The summed E-state index contributed by atoms with van der Waals surface area (Å²) in [7, 11) is 0. The van der Waals surface area contributed by atoms with Crippen LogP contribution in [0.4, 0.5) is 8.78 Å². The largest absolute Gasteiger partial charge is 0.328 e. The third-order valence-electron chi connectivity index (χ3n) is 2.11. The molecule has 0 aliphatic carbocycles. The van der Waals surface area contributed by atoms with Gasteiger partial charge in [-0.3, -0.25) is 0 Å². The SMILES string of the molecule is Fc1nc2c3ccccc3nc(F)n2n1. The van der Waals surface area contributed by atoms with Crippen LogP contribution < -0.4 is 0 Å². The van der Waals surface area contributed by atoms with E-state index in [4.69, 9.17) is 0 Å². The molecule has 0 aliphatic heterocycles. The van der Waals surface area contributed by atoms with Gasteiger partial charge in [0.15, 0.2) is 5.65 Å². The lowest BCUT2D eigenvalue weighted by molar-refractivity contribution is 0.481. The molecule has 1 aromatic carbocycles. The van der Waals surface area contributed by atoms with E-state index in [2.05, 4.69) is 15.1 Å². The van der Waals surface area contributed by atoms with Crippen LogP contribution in [0.5, 0.6) is 0 Å². The van der Waals surface area contributed by atoms with Crippen LogP contribution in [0.3, 0.4) is 0 Å².